The molecule has 0 heterocycles. The molecule has 0 aromatic carbocycles. The second kappa shape index (κ2) is 4.56. The maximum atomic E-state index is 11.4. The number of ether oxygens (including phenoxy) is 1. The van der Waals surface area contributed by atoms with Gasteiger partial charge in [-0.2, -0.15) is 12.6 Å². The largest absolute Gasteiger partial charge is 0.460 e. The van der Waals surface area contributed by atoms with Gasteiger partial charge in [-0.1, -0.05) is 20.8 Å². The van der Waals surface area contributed by atoms with Crippen LogP contribution in [0.5, 0.6) is 0 Å². The summed E-state index contributed by atoms with van der Waals surface area (Å²) in [7, 11) is 0. The van der Waals surface area contributed by atoms with Gasteiger partial charge in [0.1, 0.15) is 5.60 Å². The molecule has 3 heteroatoms. The fourth-order valence-corrected chi connectivity index (χ4v) is 0.996. The molecule has 0 saturated carbocycles. The third-order valence-corrected chi connectivity index (χ3v) is 2.74. The minimum absolute atomic E-state index is 0.0278. The lowest BCUT2D eigenvalue weighted by Crippen LogP contribution is -2.29. The SMILES string of the molecule is CC(C)(C)OC(=O)CC(S)C(C)(C)C. The average molecular weight is 218 g/mol. The highest BCUT2D eigenvalue weighted by Gasteiger charge is 2.26. The van der Waals surface area contributed by atoms with Crippen LogP contribution < -0.4 is 0 Å². The lowest BCUT2D eigenvalue weighted by Gasteiger charge is -2.27. The van der Waals surface area contributed by atoms with Gasteiger partial charge in [0, 0.05) is 5.25 Å². The molecule has 0 bridgehead atoms. The van der Waals surface area contributed by atoms with Gasteiger partial charge in [0.2, 0.25) is 0 Å². The summed E-state index contributed by atoms with van der Waals surface area (Å²) in [4.78, 5) is 11.4. The molecular weight excluding hydrogens is 196 g/mol. The number of carbonyl (C=O) groups is 1. The standard InChI is InChI=1S/C11H22O2S/c1-10(2,3)8(14)7-9(12)13-11(4,5)6/h8,14H,7H2,1-6H3. The number of hydrogen-bond acceptors (Lipinski definition) is 3. The number of hydrogen-bond donors (Lipinski definition) is 1. The van der Waals surface area contributed by atoms with Crippen LogP contribution in [0, 0.1) is 5.41 Å². The molecule has 0 spiro atoms. The van der Waals surface area contributed by atoms with Crippen molar-refractivity contribution in [1.29, 1.82) is 0 Å². The molecule has 0 N–H and O–H groups in total. The van der Waals surface area contributed by atoms with E-state index in [1.165, 1.54) is 0 Å². The van der Waals surface area contributed by atoms with Gasteiger partial charge in [0.05, 0.1) is 6.42 Å². The van der Waals surface area contributed by atoms with Crippen LogP contribution in [0.15, 0.2) is 0 Å². The van der Waals surface area contributed by atoms with Gasteiger partial charge in [0.15, 0.2) is 0 Å². The summed E-state index contributed by atoms with van der Waals surface area (Å²) in [5, 5.41) is 0.0392. The van der Waals surface area contributed by atoms with E-state index in [9.17, 15) is 4.79 Å². The number of esters is 1. The van der Waals surface area contributed by atoms with Gasteiger partial charge in [0.25, 0.3) is 0 Å². The predicted octanol–water partition coefficient (Wildman–Crippen LogP) is 3.06. The van der Waals surface area contributed by atoms with Gasteiger partial charge in [-0.15, -0.1) is 0 Å². The lowest BCUT2D eigenvalue weighted by atomic mass is 9.90. The molecule has 0 radical (unpaired) electrons. The molecule has 14 heavy (non-hydrogen) atoms. The second-order valence-electron chi connectivity index (χ2n) is 5.67. The minimum Gasteiger partial charge on any atom is -0.460 e. The molecule has 0 aromatic heterocycles. The summed E-state index contributed by atoms with van der Waals surface area (Å²) in [5.41, 5.74) is -0.373. The Kier molecular flexibility index (Phi) is 4.50. The fourth-order valence-electron chi connectivity index (χ4n) is 0.847. The van der Waals surface area contributed by atoms with Crippen molar-refractivity contribution < 1.29 is 9.53 Å². The first-order valence-electron chi connectivity index (χ1n) is 4.92. The Balaban J connectivity index is 4.09. The van der Waals surface area contributed by atoms with E-state index in [1.54, 1.807) is 0 Å². The van der Waals surface area contributed by atoms with Gasteiger partial charge in [-0.3, -0.25) is 4.79 Å². The van der Waals surface area contributed by atoms with Crippen LogP contribution in [-0.2, 0) is 9.53 Å². The maximum Gasteiger partial charge on any atom is 0.307 e. The Morgan fingerprint density at radius 2 is 1.64 bits per heavy atom. The van der Waals surface area contributed by atoms with Crippen LogP contribution in [0.25, 0.3) is 0 Å². The molecular formula is C11H22O2S. The molecule has 0 rings (SSSR count). The van der Waals surface area contributed by atoms with Crippen LogP contribution in [0.2, 0.25) is 0 Å². The van der Waals surface area contributed by atoms with Crippen molar-refractivity contribution in [3.63, 3.8) is 0 Å². The Hall–Kier alpha value is -0.180. The van der Waals surface area contributed by atoms with E-state index in [0.717, 1.165) is 0 Å². The number of carbonyl (C=O) groups excluding carboxylic acids is 1. The van der Waals surface area contributed by atoms with E-state index in [-0.39, 0.29) is 16.6 Å². The summed E-state index contributed by atoms with van der Waals surface area (Å²) in [6.45, 7) is 11.8. The van der Waals surface area contributed by atoms with Crippen LogP contribution in [0.4, 0.5) is 0 Å². The van der Waals surface area contributed by atoms with E-state index >= 15 is 0 Å². The van der Waals surface area contributed by atoms with Crippen molar-refractivity contribution in [2.75, 3.05) is 0 Å². The van der Waals surface area contributed by atoms with Crippen LogP contribution in [0.3, 0.4) is 0 Å². The topological polar surface area (TPSA) is 26.3 Å². The van der Waals surface area contributed by atoms with Crippen LogP contribution in [0.1, 0.15) is 48.0 Å². The summed E-state index contributed by atoms with van der Waals surface area (Å²) in [6.07, 6.45) is 0.365. The monoisotopic (exact) mass is 218 g/mol. The first kappa shape index (κ1) is 13.8. The van der Waals surface area contributed by atoms with E-state index < -0.39 is 5.60 Å². The molecule has 2 nitrogen and oxygen atoms in total. The van der Waals surface area contributed by atoms with E-state index in [1.807, 2.05) is 20.8 Å². The molecule has 0 aliphatic rings. The Labute approximate surface area is 92.8 Å². The van der Waals surface area contributed by atoms with Crippen molar-refractivity contribution in [2.24, 2.45) is 5.41 Å². The fraction of sp³-hybridized carbons (Fsp3) is 0.909. The number of thiol groups is 1. The van der Waals surface area contributed by atoms with Crippen molar-refractivity contribution in [3.05, 3.63) is 0 Å². The molecule has 0 aliphatic carbocycles. The van der Waals surface area contributed by atoms with E-state index in [0.29, 0.717) is 6.42 Å². The summed E-state index contributed by atoms with van der Waals surface area (Å²) in [6, 6.07) is 0. The lowest BCUT2D eigenvalue weighted by molar-refractivity contribution is -0.155. The average Bonchev–Trinajstić information content (AvgIpc) is 1.79. The smallest absolute Gasteiger partial charge is 0.307 e. The first-order chi connectivity index (χ1) is 6.02. The van der Waals surface area contributed by atoms with Crippen LogP contribution in [-0.4, -0.2) is 16.8 Å². The van der Waals surface area contributed by atoms with Crippen LogP contribution >= 0.6 is 12.6 Å². The van der Waals surface area contributed by atoms with Crippen molar-refractivity contribution in [1.82, 2.24) is 0 Å². The molecule has 0 saturated heterocycles. The van der Waals surface area contributed by atoms with Gasteiger partial charge < -0.3 is 4.74 Å². The summed E-state index contributed by atoms with van der Waals surface area (Å²) < 4.78 is 5.22. The molecule has 1 atom stereocenters. The van der Waals surface area contributed by atoms with Gasteiger partial charge in [-0.05, 0) is 26.2 Å². The van der Waals surface area contributed by atoms with E-state index in [2.05, 4.69) is 33.4 Å². The highest BCUT2D eigenvalue weighted by molar-refractivity contribution is 7.81. The summed E-state index contributed by atoms with van der Waals surface area (Å²) >= 11 is 4.40. The third kappa shape index (κ3) is 6.30. The Morgan fingerprint density at radius 1 is 1.21 bits per heavy atom. The molecule has 0 amide bonds. The maximum absolute atomic E-state index is 11.4. The molecule has 1 unspecified atom stereocenters. The second-order valence-corrected chi connectivity index (χ2v) is 6.30. The zero-order valence-corrected chi connectivity index (χ0v) is 10.9. The predicted molar refractivity (Wildman–Crippen MR) is 62.7 cm³/mol. The zero-order valence-electron chi connectivity index (χ0n) is 10.0. The van der Waals surface area contributed by atoms with Gasteiger partial charge in [-0.25, -0.2) is 0 Å². The van der Waals surface area contributed by atoms with Crippen molar-refractivity contribution in [3.8, 4) is 0 Å². The quantitative estimate of drug-likeness (QED) is 0.569. The van der Waals surface area contributed by atoms with Gasteiger partial charge >= 0.3 is 5.97 Å². The molecule has 0 aliphatic heterocycles. The minimum atomic E-state index is -0.400. The Bertz CT molecular complexity index is 198. The zero-order chi connectivity index (χ0) is 11.6. The highest BCUT2D eigenvalue weighted by Crippen LogP contribution is 2.27. The number of rotatable bonds is 2. The third-order valence-electron chi connectivity index (χ3n) is 1.78. The normalized spacial score (nSPS) is 15.1. The molecule has 84 valence electrons. The Morgan fingerprint density at radius 3 is 1.93 bits per heavy atom. The van der Waals surface area contributed by atoms with Crippen molar-refractivity contribution in [2.45, 2.75) is 58.8 Å². The van der Waals surface area contributed by atoms with Crippen molar-refractivity contribution >= 4 is 18.6 Å². The summed E-state index contributed by atoms with van der Waals surface area (Å²) in [5.74, 6) is -0.174. The van der Waals surface area contributed by atoms with E-state index in [4.69, 9.17) is 4.74 Å². The highest BCUT2D eigenvalue weighted by atomic mass is 32.1. The first-order valence-corrected chi connectivity index (χ1v) is 5.44. The molecule has 0 aromatic rings. The molecule has 0 fully saturated rings.